The van der Waals surface area contributed by atoms with E-state index in [0.717, 1.165) is 45.9 Å². The number of rotatable bonds is 8. The van der Waals surface area contributed by atoms with Crippen LogP contribution in [-0.2, 0) is 9.53 Å². The zero-order valence-corrected chi connectivity index (χ0v) is 18.4. The number of morpholine rings is 1. The SMILES string of the molecule is CSC(C)CNC(=NCC(=O)N(C)C)NCCN1CCOCC1.I. The lowest BCUT2D eigenvalue weighted by Gasteiger charge is -2.27. The Bertz CT molecular complexity index is 379. The summed E-state index contributed by atoms with van der Waals surface area (Å²) in [5, 5.41) is 7.12. The van der Waals surface area contributed by atoms with Crippen LogP contribution < -0.4 is 10.6 Å². The van der Waals surface area contributed by atoms with Crippen LogP contribution >= 0.6 is 35.7 Å². The zero-order valence-electron chi connectivity index (χ0n) is 15.2. The number of ether oxygens (including phenoxy) is 1. The smallest absolute Gasteiger partial charge is 0.243 e. The number of guanidine groups is 1. The van der Waals surface area contributed by atoms with E-state index in [9.17, 15) is 4.79 Å². The minimum Gasteiger partial charge on any atom is -0.379 e. The number of carbonyl (C=O) groups is 1. The summed E-state index contributed by atoms with van der Waals surface area (Å²) in [5.74, 6) is 0.701. The average molecular weight is 473 g/mol. The van der Waals surface area contributed by atoms with Gasteiger partial charge in [0.05, 0.1) is 13.2 Å². The largest absolute Gasteiger partial charge is 0.379 e. The second kappa shape index (κ2) is 14.0. The predicted molar refractivity (Wildman–Crippen MR) is 113 cm³/mol. The molecular weight excluding hydrogens is 441 g/mol. The van der Waals surface area contributed by atoms with E-state index in [4.69, 9.17) is 4.74 Å². The Morgan fingerprint density at radius 3 is 2.58 bits per heavy atom. The molecule has 1 heterocycles. The van der Waals surface area contributed by atoms with Gasteiger partial charge in [-0.05, 0) is 6.26 Å². The first-order valence-electron chi connectivity index (χ1n) is 8.08. The van der Waals surface area contributed by atoms with Crippen LogP contribution in [0.3, 0.4) is 0 Å². The van der Waals surface area contributed by atoms with Gasteiger partial charge in [0.25, 0.3) is 0 Å². The molecule has 2 N–H and O–H groups in total. The van der Waals surface area contributed by atoms with Gasteiger partial charge in [-0.25, -0.2) is 4.99 Å². The van der Waals surface area contributed by atoms with Crippen molar-refractivity contribution in [1.29, 1.82) is 0 Å². The zero-order chi connectivity index (χ0) is 17.1. The van der Waals surface area contributed by atoms with Crippen molar-refractivity contribution in [3.8, 4) is 0 Å². The van der Waals surface area contributed by atoms with Gasteiger partial charge in [-0.15, -0.1) is 24.0 Å². The molecule has 0 bridgehead atoms. The Kier molecular flexibility index (Phi) is 13.8. The molecule has 1 aliphatic rings. The molecule has 1 saturated heterocycles. The first-order valence-corrected chi connectivity index (χ1v) is 9.37. The summed E-state index contributed by atoms with van der Waals surface area (Å²) in [7, 11) is 3.49. The number of hydrogen-bond acceptors (Lipinski definition) is 5. The molecule has 1 atom stereocenters. The van der Waals surface area contributed by atoms with E-state index in [2.05, 4.69) is 33.7 Å². The molecule has 0 saturated carbocycles. The highest BCUT2D eigenvalue weighted by atomic mass is 127. The molecule has 1 unspecified atom stereocenters. The number of carbonyl (C=O) groups excluding carboxylic acids is 1. The summed E-state index contributed by atoms with van der Waals surface area (Å²) in [4.78, 5) is 20.0. The van der Waals surface area contributed by atoms with E-state index < -0.39 is 0 Å². The maximum atomic E-state index is 11.7. The second-order valence-corrected chi connectivity index (χ2v) is 7.04. The summed E-state index contributed by atoms with van der Waals surface area (Å²) in [6, 6.07) is 0. The molecule has 0 spiro atoms. The first kappa shape index (κ1) is 23.7. The third kappa shape index (κ3) is 10.6. The molecule has 1 rings (SSSR count). The van der Waals surface area contributed by atoms with Gasteiger partial charge in [0.15, 0.2) is 5.96 Å². The molecule has 24 heavy (non-hydrogen) atoms. The molecule has 7 nitrogen and oxygen atoms in total. The maximum Gasteiger partial charge on any atom is 0.243 e. The first-order chi connectivity index (χ1) is 11.0. The number of thioether (sulfide) groups is 1. The van der Waals surface area contributed by atoms with Crippen LogP contribution in [0.4, 0.5) is 0 Å². The van der Waals surface area contributed by atoms with Crippen molar-refractivity contribution >= 4 is 47.6 Å². The highest BCUT2D eigenvalue weighted by Gasteiger charge is 2.10. The highest BCUT2D eigenvalue weighted by Crippen LogP contribution is 2.02. The fourth-order valence-corrected chi connectivity index (χ4v) is 2.19. The van der Waals surface area contributed by atoms with Crippen molar-refractivity contribution in [1.82, 2.24) is 20.4 Å². The Hall–Kier alpha value is -0.260. The number of aliphatic imine (C=N–C) groups is 1. The molecule has 1 aliphatic heterocycles. The molecule has 0 aromatic rings. The van der Waals surface area contributed by atoms with Crippen LogP contribution in [0.5, 0.6) is 0 Å². The fourth-order valence-electron chi connectivity index (χ4n) is 1.94. The predicted octanol–water partition coefficient (Wildman–Crippen LogP) is 0.312. The second-order valence-electron chi connectivity index (χ2n) is 5.76. The fraction of sp³-hybridized carbons (Fsp3) is 0.867. The molecule has 0 aromatic heterocycles. The van der Waals surface area contributed by atoms with E-state index in [1.807, 2.05) is 0 Å². The summed E-state index contributed by atoms with van der Waals surface area (Å²) < 4.78 is 5.35. The topological polar surface area (TPSA) is 69.2 Å². The number of likely N-dealkylation sites (N-methyl/N-ethyl adjacent to an activating group) is 1. The van der Waals surface area contributed by atoms with Crippen LogP contribution in [-0.4, -0.2) is 99.7 Å². The molecule has 1 fully saturated rings. The van der Waals surface area contributed by atoms with Crippen LogP contribution in [0.15, 0.2) is 4.99 Å². The number of nitrogens with zero attached hydrogens (tertiary/aromatic N) is 3. The molecule has 0 aliphatic carbocycles. The van der Waals surface area contributed by atoms with Crippen molar-refractivity contribution in [3.63, 3.8) is 0 Å². The molecule has 9 heteroatoms. The van der Waals surface area contributed by atoms with Crippen molar-refractivity contribution in [2.75, 3.05) is 72.8 Å². The maximum absolute atomic E-state index is 11.7. The van der Waals surface area contributed by atoms with Gasteiger partial charge < -0.3 is 20.3 Å². The minimum atomic E-state index is -0.00260. The van der Waals surface area contributed by atoms with Gasteiger partial charge in [0.2, 0.25) is 5.91 Å². The number of nitrogens with one attached hydrogen (secondary N) is 2. The van der Waals surface area contributed by atoms with E-state index in [-0.39, 0.29) is 36.4 Å². The third-order valence-electron chi connectivity index (χ3n) is 3.65. The number of hydrogen-bond donors (Lipinski definition) is 2. The van der Waals surface area contributed by atoms with Gasteiger partial charge in [0, 0.05) is 52.1 Å². The van der Waals surface area contributed by atoms with Crippen molar-refractivity contribution in [2.45, 2.75) is 12.2 Å². The van der Waals surface area contributed by atoms with Gasteiger partial charge >= 0.3 is 0 Å². The number of halogens is 1. The van der Waals surface area contributed by atoms with Crippen LogP contribution in [0.1, 0.15) is 6.92 Å². The Labute approximate surface area is 167 Å². The van der Waals surface area contributed by atoms with E-state index in [1.165, 1.54) is 0 Å². The van der Waals surface area contributed by atoms with Gasteiger partial charge in [0.1, 0.15) is 6.54 Å². The van der Waals surface area contributed by atoms with E-state index in [0.29, 0.717) is 11.2 Å². The van der Waals surface area contributed by atoms with Crippen LogP contribution in [0, 0.1) is 0 Å². The summed E-state index contributed by atoms with van der Waals surface area (Å²) in [6.07, 6.45) is 2.09. The highest BCUT2D eigenvalue weighted by molar-refractivity contribution is 14.0. The summed E-state index contributed by atoms with van der Waals surface area (Å²) in [5.41, 5.74) is 0. The molecule has 142 valence electrons. The lowest BCUT2D eigenvalue weighted by Crippen LogP contribution is -2.45. The summed E-state index contributed by atoms with van der Waals surface area (Å²) >= 11 is 1.80. The minimum absolute atomic E-state index is 0. The quantitative estimate of drug-likeness (QED) is 0.301. The number of amides is 1. The monoisotopic (exact) mass is 473 g/mol. The molecule has 1 amide bonds. The molecular formula is C15H32IN5O2S. The van der Waals surface area contributed by atoms with Crippen LogP contribution in [0.2, 0.25) is 0 Å². The third-order valence-corrected chi connectivity index (χ3v) is 4.63. The van der Waals surface area contributed by atoms with Crippen LogP contribution in [0.25, 0.3) is 0 Å². The normalized spacial score (nSPS) is 16.9. The van der Waals surface area contributed by atoms with E-state index >= 15 is 0 Å². The van der Waals surface area contributed by atoms with Gasteiger partial charge in [-0.3, -0.25) is 9.69 Å². The van der Waals surface area contributed by atoms with E-state index in [1.54, 1.807) is 30.8 Å². The van der Waals surface area contributed by atoms with Crippen molar-refractivity contribution in [2.24, 2.45) is 4.99 Å². The lowest BCUT2D eigenvalue weighted by atomic mass is 10.4. The molecule has 0 aromatic carbocycles. The van der Waals surface area contributed by atoms with Crippen molar-refractivity contribution in [3.05, 3.63) is 0 Å². The Morgan fingerprint density at radius 1 is 1.33 bits per heavy atom. The van der Waals surface area contributed by atoms with Gasteiger partial charge in [-0.2, -0.15) is 11.8 Å². The van der Waals surface area contributed by atoms with Crippen molar-refractivity contribution < 1.29 is 9.53 Å². The summed E-state index contributed by atoms with van der Waals surface area (Å²) in [6.45, 7) is 8.46. The Balaban J connectivity index is 0.00000529. The molecule has 0 radical (unpaired) electrons. The van der Waals surface area contributed by atoms with Gasteiger partial charge in [-0.1, -0.05) is 6.92 Å². The Morgan fingerprint density at radius 2 is 2.00 bits per heavy atom. The lowest BCUT2D eigenvalue weighted by molar-refractivity contribution is -0.127. The standard InChI is InChI=1S/C15H31N5O2S.HI/c1-13(23-4)11-17-15(18-12-14(21)19(2)3)16-5-6-20-7-9-22-10-8-20;/h13H,5-12H2,1-4H3,(H2,16,17,18);1H. The average Bonchev–Trinajstić information content (AvgIpc) is 2.56.